The standard InChI is InChI=1S/C22H16N2O2/c23-21-15-8-3-2-7-14(15)20-16(9-5-10-17(20)21)19-12-13-6-1-4-11-18(13)24(19)22(25)26/h1-12,21H,23H2,(H,25,26). The van der Waals surface area contributed by atoms with Crippen molar-refractivity contribution in [3.05, 3.63) is 83.9 Å². The predicted octanol–water partition coefficient (Wildman–Crippen LogP) is 4.86. The smallest absolute Gasteiger partial charge is 0.416 e. The molecule has 0 aliphatic heterocycles. The first kappa shape index (κ1) is 14.9. The van der Waals surface area contributed by atoms with Gasteiger partial charge in [0.2, 0.25) is 0 Å². The summed E-state index contributed by atoms with van der Waals surface area (Å²) < 4.78 is 1.36. The fourth-order valence-corrected chi connectivity index (χ4v) is 4.07. The van der Waals surface area contributed by atoms with Crippen LogP contribution in [0.2, 0.25) is 0 Å². The van der Waals surface area contributed by atoms with Crippen LogP contribution in [-0.2, 0) is 0 Å². The molecule has 26 heavy (non-hydrogen) atoms. The van der Waals surface area contributed by atoms with Gasteiger partial charge >= 0.3 is 6.09 Å². The van der Waals surface area contributed by atoms with E-state index < -0.39 is 6.09 Å². The Morgan fingerprint density at radius 3 is 2.42 bits per heavy atom. The number of fused-ring (bicyclic) bond motifs is 4. The van der Waals surface area contributed by atoms with Gasteiger partial charge in [-0.15, -0.1) is 0 Å². The minimum Gasteiger partial charge on any atom is -0.464 e. The van der Waals surface area contributed by atoms with Crippen molar-refractivity contribution >= 4 is 17.0 Å². The molecule has 5 rings (SSSR count). The highest BCUT2D eigenvalue weighted by Crippen LogP contribution is 2.47. The third-order valence-corrected chi connectivity index (χ3v) is 5.17. The molecular formula is C22H16N2O2. The quantitative estimate of drug-likeness (QED) is 0.520. The molecule has 0 bridgehead atoms. The zero-order valence-electron chi connectivity index (χ0n) is 13.9. The Morgan fingerprint density at radius 2 is 1.58 bits per heavy atom. The molecule has 0 amide bonds. The lowest BCUT2D eigenvalue weighted by atomic mass is 9.97. The summed E-state index contributed by atoms with van der Waals surface area (Å²) in [4.78, 5) is 12.0. The van der Waals surface area contributed by atoms with Crippen molar-refractivity contribution in [3.8, 4) is 22.4 Å². The topological polar surface area (TPSA) is 68.2 Å². The number of aromatic nitrogens is 1. The summed E-state index contributed by atoms with van der Waals surface area (Å²) >= 11 is 0. The summed E-state index contributed by atoms with van der Waals surface area (Å²) in [6, 6.07) is 23.3. The van der Waals surface area contributed by atoms with Crippen LogP contribution in [0, 0.1) is 0 Å². The number of carboxylic acid groups (broad SMARTS) is 1. The number of rotatable bonds is 1. The largest absolute Gasteiger partial charge is 0.464 e. The minimum atomic E-state index is -0.991. The number of hydrogen-bond donors (Lipinski definition) is 2. The molecule has 0 radical (unpaired) electrons. The van der Waals surface area contributed by atoms with Gasteiger partial charge in [-0.3, -0.25) is 0 Å². The molecule has 126 valence electrons. The number of para-hydroxylation sites is 1. The summed E-state index contributed by atoms with van der Waals surface area (Å²) in [6.45, 7) is 0. The summed E-state index contributed by atoms with van der Waals surface area (Å²) in [5.41, 5.74) is 12.9. The second-order valence-corrected chi connectivity index (χ2v) is 6.54. The second-order valence-electron chi connectivity index (χ2n) is 6.54. The Labute approximate surface area is 150 Å². The van der Waals surface area contributed by atoms with Gasteiger partial charge in [-0.1, -0.05) is 60.7 Å². The van der Waals surface area contributed by atoms with Gasteiger partial charge < -0.3 is 10.8 Å². The van der Waals surface area contributed by atoms with Gasteiger partial charge in [0, 0.05) is 10.9 Å². The van der Waals surface area contributed by atoms with Crippen molar-refractivity contribution < 1.29 is 9.90 Å². The number of benzene rings is 3. The Kier molecular flexibility index (Phi) is 3.05. The van der Waals surface area contributed by atoms with Gasteiger partial charge in [-0.25, -0.2) is 9.36 Å². The van der Waals surface area contributed by atoms with E-state index in [1.165, 1.54) is 4.57 Å². The molecule has 0 spiro atoms. The van der Waals surface area contributed by atoms with E-state index in [0.717, 1.165) is 33.2 Å². The fourth-order valence-electron chi connectivity index (χ4n) is 4.07. The maximum absolute atomic E-state index is 12.0. The number of nitrogens with two attached hydrogens (primary N) is 1. The zero-order chi connectivity index (χ0) is 17.8. The average molecular weight is 340 g/mol. The Bertz CT molecular complexity index is 1190. The Balaban J connectivity index is 1.88. The molecule has 3 N–H and O–H groups in total. The molecule has 1 atom stereocenters. The van der Waals surface area contributed by atoms with Crippen molar-refractivity contribution in [2.75, 3.05) is 0 Å². The number of hydrogen-bond acceptors (Lipinski definition) is 2. The molecule has 0 saturated carbocycles. The molecule has 1 heterocycles. The molecule has 4 heteroatoms. The van der Waals surface area contributed by atoms with Crippen molar-refractivity contribution in [3.63, 3.8) is 0 Å². The summed E-state index contributed by atoms with van der Waals surface area (Å²) in [6.07, 6.45) is -0.991. The maximum Gasteiger partial charge on any atom is 0.416 e. The second kappa shape index (κ2) is 5.31. The van der Waals surface area contributed by atoms with Crippen LogP contribution >= 0.6 is 0 Å². The highest BCUT2D eigenvalue weighted by atomic mass is 16.4. The fraction of sp³-hybridized carbons (Fsp3) is 0.0455. The minimum absolute atomic E-state index is 0.191. The van der Waals surface area contributed by atoms with Gasteiger partial charge in [0.05, 0.1) is 17.3 Å². The molecular weight excluding hydrogens is 324 g/mol. The molecule has 4 nitrogen and oxygen atoms in total. The lowest BCUT2D eigenvalue weighted by Gasteiger charge is -2.12. The average Bonchev–Trinajstić information content (AvgIpc) is 3.19. The third kappa shape index (κ3) is 1.90. The van der Waals surface area contributed by atoms with Gasteiger partial charge in [0.1, 0.15) is 0 Å². The molecule has 0 saturated heterocycles. The highest BCUT2D eigenvalue weighted by Gasteiger charge is 2.29. The number of nitrogens with zero attached hydrogens (tertiary/aromatic N) is 1. The monoisotopic (exact) mass is 340 g/mol. The van der Waals surface area contributed by atoms with Crippen LogP contribution in [0.1, 0.15) is 17.2 Å². The third-order valence-electron chi connectivity index (χ3n) is 5.17. The molecule has 1 aliphatic carbocycles. The Hall–Kier alpha value is -3.37. The maximum atomic E-state index is 12.0. The summed E-state index contributed by atoms with van der Waals surface area (Å²) in [7, 11) is 0. The van der Waals surface area contributed by atoms with E-state index in [1.807, 2.05) is 66.7 Å². The molecule has 0 fully saturated rings. The van der Waals surface area contributed by atoms with Gasteiger partial charge in [0.15, 0.2) is 0 Å². The first-order chi connectivity index (χ1) is 12.7. The van der Waals surface area contributed by atoms with Crippen LogP contribution in [0.5, 0.6) is 0 Å². The molecule has 4 aromatic rings. The van der Waals surface area contributed by atoms with Crippen molar-refractivity contribution in [2.24, 2.45) is 5.73 Å². The zero-order valence-corrected chi connectivity index (χ0v) is 13.9. The van der Waals surface area contributed by atoms with E-state index in [1.54, 1.807) is 0 Å². The molecule has 3 aromatic carbocycles. The first-order valence-corrected chi connectivity index (χ1v) is 8.49. The molecule has 1 aromatic heterocycles. The van der Waals surface area contributed by atoms with Gasteiger partial charge in [-0.05, 0) is 34.4 Å². The lowest BCUT2D eigenvalue weighted by molar-refractivity contribution is 0.198. The van der Waals surface area contributed by atoms with E-state index in [2.05, 4.69) is 6.07 Å². The Morgan fingerprint density at radius 1 is 0.885 bits per heavy atom. The van der Waals surface area contributed by atoms with Crippen molar-refractivity contribution in [1.29, 1.82) is 0 Å². The van der Waals surface area contributed by atoms with Crippen LogP contribution in [-0.4, -0.2) is 15.8 Å². The van der Waals surface area contributed by atoms with E-state index in [-0.39, 0.29) is 6.04 Å². The highest BCUT2D eigenvalue weighted by molar-refractivity contribution is 5.99. The van der Waals surface area contributed by atoms with Gasteiger partial charge in [-0.2, -0.15) is 0 Å². The van der Waals surface area contributed by atoms with Crippen molar-refractivity contribution in [2.45, 2.75) is 6.04 Å². The van der Waals surface area contributed by atoms with Crippen LogP contribution in [0.3, 0.4) is 0 Å². The first-order valence-electron chi connectivity index (χ1n) is 8.49. The molecule has 1 unspecified atom stereocenters. The van der Waals surface area contributed by atoms with Crippen LogP contribution in [0.4, 0.5) is 4.79 Å². The van der Waals surface area contributed by atoms with E-state index in [9.17, 15) is 9.90 Å². The molecule has 1 aliphatic rings. The van der Waals surface area contributed by atoms with E-state index in [4.69, 9.17) is 5.73 Å². The van der Waals surface area contributed by atoms with Gasteiger partial charge in [0.25, 0.3) is 0 Å². The summed E-state index contributed by atoms with van der Waals surface area (Å²) in [5, 5.41) is 10.7. The number of carbonyl (C=O) groups is 1. The van der Waals surface area contributed by atoms with Crippen LogP contribution < -0.4 is 5.73 Å². The van der Waals surface area contributed by atoms with E-state index in [0.29, 0.717) is 11.2 Å². The van der Waals surface area contributed by atoms with E-state index >= 15 is 0 Å². The normalized spacial score (nSPS) is 15.0. The lowest BCUT2D eigenvalue weighted by Crippen LogP contribution is -2.10. The summed E-state index contributed by atoms with van der Waals surface area (Å²) in [5.74, 6) is 0. The van der Waals surface area contributed by atoms with Crippen LogP contribution in [0.15, 0.2) is 72.8 Å². The predicted molar refractivity (Wildman–Crippen MR) is 102 cm³/mol. The van der Waals surface area contributed by atoms with Crippen LogP contribution in [0.25, 0.3) is 33.3 Å². The van der Waals surface area contributed by atoms with Crippen molar-refractivity contribution in [1.82, 2.24) is 4.57 Å². The SMILES string of the molecule is NC1c2ccccc2-c2c(-c3cc4ccccc4n3C(=O)O)cccc21.